The van der Waals surface area contributed by atoms with E-state index in [1.54, 1.807) is 12.2 Å². The van der Waals surface area contributed by atoms with Gasteiger partial charge in [0.2, 0.25) is 0 Å². The Labute approximate surface area is 392 Å². The third-order valence-corrected chi connectivity index (χ3v) is 12.4. The Morgan fingerprint density at radius 1 is 0.530 bits per heavy atom. The summed E-state index contributed by atoms with van der Waals surface area (Å²) >= 11 is 0. The summed E-state index contributed by atoms with van der Waals surface area (Å²) < 4.78 is 49.3. The van der Waals surface area contributed by atoms with Crippen LogP contribution in [0.1, 0.15) is 174 Å². The summed E-state index contributed by atoms with van der Waals surface area (Å²) in [6.45, 7) is 2.93. The van der Waals surface area contributed by atoms with E-state index in [1.807, 2.05) is 6.08 Å². The van der Waals surface area contributed by atoms with Crippen LogP contribution in [-0.4, -0.2) is 109 Å². The lowest BCUT2D eigenvalue weighted by Gasteiger charge is -2.43. The minimum atomic E-state index is -5.38. The molecule has 7 N–H and O–H groups in total. The van der Waals surface area contributed by atoms with Crippen LogP contribution in [0.2, 0.25) is 0 Å². The summed E-state index contributed by atoms with van der Waals surface area (Å²) in [7, 11) is -10.7. The van der Waals surface area contributed by atoms with Crippen LogP contribution in [0.15, 0.2) is 48.6 Å². The molecule has 8 atom stereocenters. The van der Waals surface area contributed by atoms with Crippen LogP contribution in [0.3, 0.4) is 0 Å². The number of rotatable bonds is 40. The molecule has 0 aliphatic heterocycles. The van der Waals surface area contributed by atoms with Crippen molar-refractivity contribution in [3.05, 3.63) is 48.6 Å². The number of ketones is 1. The summed E-state index contributed by atoms with van der Waals surface area (Å²) in [6, 6.07) is 0. The summed E-state index contributed by atoms with van der Waals surface area (Å²) in [4.78, 5) is 66.4. The fourth-order valence-corrected chi connectivity index (χ4v) is 8.58. The largest absolute Gasteiger partial charge is 0.472 e. The van der Waals surface area contributed by atoms with Crippen molar-refractivity contribution in [2.24, 2.45) is 0 Å². The normalized spacial score (nSPS) is 21.8. The van der Waals surface area contributed by atoms with E-state index in [2.05, 4.69) is 48.8 Å². The highest BCUT2D eigenvalue weighted by molar-refractivity contribution is 7.47. The molecule has 1 aliphatic rings. The lowest BCUT2D eigenvalue weighted by Crippen LogP contribution is -2.64. The van der Waals surface area contributed by atoms with Crippen LogP contribution in [0.25, 0.3) is 0 Å². The summed E-state index contributed by atoms with van der Waals surface area (Å²) in [6.07, 6.45) is 23.1. The molecule has 1 fully saturated rings. The minimum absolute atomic E-state index is 0.0425. The number of allylic oxidation sites excluding steroid dienone is 8. The molecule has 0 aromatic heterocycles. The molecule has 0 aromatic rings. The van der Waals surface area contributed by atoms with Gasteiger partial charge in [-0.25, -0.2) is 9.13 Å². The van der Waals surface area contributed by atoms with Gasteiger partial charge in [-0.15, -0.1) is 0 Å². The van der Waals surface area contributed by atoms with Gasteiger partial charge in [0.05, 0.1) is 6.61 Å². The van der Waals surface area contributed by atoms with Crippen LogP contribution < -0.4 is 0 Å². The summed E-state index contributed by atoms with van der Waals surface area (Å²) in [5.74, 6) is -1.27. The molecule has 17 nitrogen and oxygen atoms in total. The van der Waals surface area contributed by atoms with Crippen molar-refractivity contribution in [1.82, 2.24) is 0 Å². The first kappa shape index (κ1) is 61.6. The zero-order valence-corrected chi connectivity index (χ0v) is 41.1. The quantitative estimate of drug-likeness (QED) is 0.00757. The third-order valence-electron chi connectivity index (χ3n) is 10.9. The number of carbonyl (C=O) groups is 3. The van der Waals surface area contributed by atoms with E-state index >= 15 is 0 Å². The number of aliphatic hydroxyl groups is 4. The smallest absolute Gasteiger partial charge is 0.462 e. The second-order valence-electron chi connectivity index (χ2n) is 16.9. The Morgan fingerprint density at radius 2 is 1.02 bits per heavy atom. The van der Waals surface area contributed by atoms with Crippen LogP contribution in [0.4, 0.5) is 0 Å². The number of carbonyl (C=O) groups excluding carboxylic acids is 3. The van der Waals surface area contributed by atoms with Gasteiger partial charge >= 0.3 is 27.6 Å². The molecule has 1 saturated carbocycles. The van der Waals surface area contributed by atoms with E-state index < -0.39 is 83.5 Å². The average Bonchev–Trinajstić information content (AvgIpc) is 3.27. The Bertz CT molecular complexity index is 1530. The average molecular weight is 981 g/mol. The highest BCUT2D eigenvalue weighted by atomic mass is 31.2. The van der Waals surface area contributed by atoms with Crippen molar-refractivity contribution < 1.29 is 81.7 Å². The van der Waals surface area contributed by atoms with Crippen LogP contribution in [0, 0.1) is 0 Å². The fourth-order valence-electron chi connectivity index (χ4n) is 7.04. The molecule has 0 heterocycles. The van der Waals surface area contributed by atoms with E-state index in [9.17, 15) is 58.6 Å². The first-order valence-corrected chi connectivity index (χ1v) is 27.2. The number of phosphoric ester groups is 2. The van der Waals surface area contributed by atoms with Crippen LogP contribution in [-0.2, 0) is 46.6 Å². The molecular formula is C47H82O17P2. The molecule has 1 rings (SSSR count). The number of ether oxygens (including phenoxy) is 2. The van der Waals surface area contributed by atoms with Gasteiger partial charge in [0.15, 0.2) is 11.9 Å². The van der Waals surface area contributed by atoms with Crippen molar-refractivity contribution in [2.45, 2.75) is 217 Å². The molecule has 5 unspecified atom stereocenters. The first-order valence-electron chi connectivity index (χ1n) is 24.1. The Hall–Kier alpha value is -2.37. The molecule has 19 heteroatoms. The predicted molar refractivity (Wildman–Crippen MR) is 251 cm³/mol. The van der Waals surface area contributed by atoms with Crippen LogP contribution in [0.5, 0.6) is 0 Å². The molecule has 0 bridgehead atoms. The maximum Gasteiger partial charge on any atom is 0.472 e. The van der Waals surface area contributed by atoms with Gasteiger partial charge in [-0.3, -0.25) is 28.0 Å². The van der Waals surface area contributed by atoms with E-state index in [0.29, 0.717) is 32.1 Å². The molecule has 1 aliphatic carbocycles. The van der Waals surface area contributed by atoms with Crippen molar-refractivity contribution >= 4 is 33.4 Å². The van der Waals surface area contributed by atoms with Gasteiger partial charge < -0.3 is 44.6 Å². The van der Waals surface area contributed by atoms with Gasteiger partial charge in [-0.2, -0.15) is 0 Å². The number of hydrogen-bond donors (Lipinski definition) is 7. The highest BCUT2D eigenvalue weighted by Gasteiger charge is 2.54. The molecule has 382 valence electrons. The minimum Gasteiger partial charge on any atom is -0.462 e. The molecule has 0 radical (unpaired) electrons. The van der Waals surface area contributed by atoms with Gasteiger partial charge in [0.1, 0.15) is 43.2 Å². The second-order valence-corrected chi connectivity index (χ2v) is 19.5. The van der Waals surface area contributed by atoms with E-state index in [-0.39, 0.29) is 18.6 Å². The van der Waals surface area contributed by atoms with Gasteiger partial charge in [-0.1, -0.05) is 133 Å². The second kappa shape index (κ2) is 37.5. The number of esters is 2. The van der Waals surface area contributed by atoms with Gasteiger partial charge in [-0.05, 0) is 70.3 Å². The summed E-state index contributed by atoms with van der Waals surface area (Å²) in [5.41, 5.74) is 0. The zero-order chi connectivity index (χ0) is 49.1. The van der Waals surface area contributed by atoms with E-state index in [4.69, 9.17) is 18.5 Å². The van der Waals surface area contributed by atoms with Gasteiger partial charge in [0, 0.05) is 19.3 Å². The van der Waals surface area contributed by atoms with Crippen LogP contribution >= 0.6 is 15.6 Å². The molecule has 0 saturated heterocycles. The van der Waals surface area contributed by atoms with Crippen molar-refractivity contribution in [3.8, 4) is 0 Å². The molecule has 0 amide bonds. The van der Waals surface area contributed by atoms with Crippen molar-refractivity contribution in [1.29, 1.82) is 0 Å². The first-order chi connectivity index (χ1) is 31.5. The summed E-state index contributed by atoms with van der Waals surface area (Å²) in [5, 5.41) is 41.2. The maximum absolute atomic E-state index is 13.0. The standard InChI is InChI=1S/C47H82O17P2/c1-3-5-7-9-11-12-13-14-15-16-17-18-19-20-22-26-30-34-40(49)60-36-39(62-41(50)35-31-27-23-25-29-33-38(48)32-28-24-21-10-8-6-4-2)37-61-66(58,59)64-47-44(53)42(51)43(52)46(45(47)54)63-65(55,56)57/h11-12,14-15,21,24,28,32,39,42-47,51-54H,3-10,13,16-20,22-23,25-27,29-31,33-37H2,1-2H3,(H,58,59)(H2,55,56,57)/b12-11-,15-14-,24-21-,32-28+/t39-,42?,43?,44?,45?,46-,47+/m1/s1. The highest BCUT2D eigenvalue weighted by Crippen LogP contribution is 2.49. The number of hydrogen-bond acceptors (Lipinski definition) is 14. The molecule has 66 heavy (non-hydrogen) atoms. The third kappa shape index (κ3) is 31.6. The number of unbranched alkanes of at least 4 members (excludes halogenated alkanes) is 17. The number of phosphoric acid groups is 2. The lowest BCUT2D eigenvalue weighted by molar-refractivity contribution is -0.216. The Balaban J connectivity index is 2.62. The molecule has 0 aromatic carbocycles. The number of aliphatic hydroxyl groups excluding tert-OH is 4. The lowest BCUT2D eigenvalue weighted by atomic mass is 9.85. The van der Waals surface area contributed by atoms with Gasteiger partial charge in [0.25, 0.3) is 0 Å². The topological polar surface area (TPSA) is 273 Å². The van der Waals surface area contributed by atoms with E-state index in [1.165, 1.54) is 25.7 Å². The Kier molecular flexibility index (Phi) is 35.0. The molecule has 0 spiro atoms. The fraction of sp³-hybridized carbons (Fsp3) is 0.766. The van der Waals surface area contributed by atoms with E-state index in [0.717, 1.165) is 89.9 Å². The molecular weight excluding hydrogens is 898 g/mol. The van der Waals surface area contributed by atoms with Crippen molar-refractivity contribution in [3.63, 3.8) is 0 Å². The predicted octanol–water partition coefficient (Wildman–Crippen LogP) is 8.46. The maximum atomic E-state index is 13.0. The monoisotopic (exact) mass is 981 g/mol. The Morgan fingerprint density at radius 3 is 1.58 bits per heavy atom. The van der Waals surface area contributed by atoms with Crippen molar-refractivity contribution in [2.75, 3.05) is 13.2 Å². The SMILES string of the molecule is CCCCC/C=C\C=C\C(=O)CCCCCCCC(=O)O[C@H](COC(=O)CCCCCCCCC/C=C\C/C=C\CCCCC)COP(=O)(O)O[C@H]1C(O)C(O)C(O)[C@@H](OP(=O)(O)O)C1O. The zero-order valence-electron chi connectivity index (χ0n) is 39.4.